The molecule has 3 aromatic rings. The van der Waals surface area contributed by atoms with Crippen LogP contribution in [0.3, 0.4) is 0 Å². The zero-order chi connectivity index (χ0) is 21.3. The Balaban J connectivity index is 1.93. The predicted octanol–water partition coefficient (Wildman–Crippen LogP) is 4.42. The van der Waals surface area contributed by atoms with E-state index in [1.807, 2.05) is 0 Å². The summed E-state index contributed by atoms with van der Waals surface area (Å²) in [6.07, 6.45) is -3.11. The predicted molar refractivity (Wildman–Crippen MR) is 105 cm³/mol. The quantitative estimate of drug-likeness (QED) is 0.590. The van der Waals surface area contributed by atoms with E-state index < -0.39 is 17.6 Å². The molecule has 0 aliphatic carbocycles. The zero-order valence-corrected chi connectivity index (χ0v) is 17.1. The molecule has 1 aromatic carbocycles. The summed E-state index contributed by atoms with van der Waals surface area (Å²) in [4.78, 5) is 24.3. The number of halogens is 5. The van der Waals surface area contributed by atoms with Crippen molar-refractivity contribution in [2.75, 3.05) is 5.32 Å². The van der Waals surface area contributed by atoms with Gasteiger partial charge in [0.25, 0.3) is 5.56 Å². The van der Waals surface area contributed by atoms with E-state index in [0.717, 1.165) is 22.9 Å². The topological polar surface area (TPSA) is 68.9 Å². The third-order valence-electron chi connectivity index (χ3n) is 3.86. The van der Waals surface area contributed by atoms with Crippen LogP contribution in [0.2, 0.25) is 5.02 Å². The number of aromatic nitrogens is 3. The molecule has 0 aliphatic rings. The van der Waals surface area contributed by atoms with Gasteiger partial charge < -0.3 is 9.88 Å². The van der Waals surface area contributed by atoms with Gasteiger partial charge in [0, 0.05) is 22.8 Å². The van der Waals surface area contributed by atoms with Crippen LogP contribution in [0.4, 0.5) is 19.0 Å². The summed E-state index contributed by atoms with van der Waals surface area (Å²) in [5, 5.41) is 6.72. The van der Waals surface area contributed by atoms with E-state index in [0.29, 0.717) is 10.2 Å². The maximum absolute atomic E-state index is 13.1. The largest absolute Gasteiger partial charge is 0.416 e. The van der Waals surface area contributed by atoms with Gasteiger partial charge in [-0.05, 0) is 47.1 Å². The maximum atomic E-state index is 13.1. The summed E-state index contributed by atoms with van der Waals surface area (Å²) in [5.41, 5.74) is -0.866. The first-order chi connectivity index (χ1) is 13.5. The fourth-order valence-electron chi connectivity index (χ4n) is 2.59. The summed E-state index contributed by atoms with van der Waals surface area (Å²) >= 11 is 9.29. The van der Waals surface area contributed by atoms with Crippen molar-refractivity contribution in [2.24, 2.45) is 0 Å². The number of aryl methyl sites for hydroxylation is 1. The maximum Gasteiger partial charge on any atom is 0.416 e. The van der Waals surface area contributed by atoms with Crippen LogP contribution < -0.4 is 10.9 Å². The molecular formula is C18H13BrClF3N4O2. The molecule has 0 bridgehead atoms. The number of hydrogen-bond acceptors (Lipinski definition) is 3. The molecule has 0 atom stereocenters. The Bertz CT molecular complexity index is 1140. The molecule has 0 fully saturated rings. The molecule has 0 saturated carbocycles. The highest BCUT2D eigenvalue weighted by atomic mass is 79.9. The van der Waals surface area contributed by atoms with Crippen molar-refractivity contribution in [3.05, 3.63) is 73.7 Å². The highest BCUT2D eigenvalue weighted by molar-refractivity contribution is 9.10. The number of amides is 1. The van der Waals surface area contributed by atoms with Gasteiger partial charge in [-0.15, -0.1) is 0 Å². The van der Waals surface area contributed by atoms with E-state index in [-0.39, 0.29) is 28.6 Å². The Kier molecular flexibility index (Phi) is 5.85. The molecule has 1 N–H and O–H groups in total. The lowest BCUT2D eigenvalue weighted by molar-refractivity contribution is -0.137. The number of pyridine rings is 1. The fraction of sp³-hybridized carbons (Fsp3) is 0.167. The monoisotopic (exact) mass is 488 g/mol. The van der Waals surface area contributed by atoms with Gasteiger partial charge in [0.1, 0.15) is 12.4 Å². The highest BCUT2D eigenvalue weighted by Gasteiger charge is 2.31. The van der Waals surface area contributed by atoms with Crippen molar-refractivity contribution in [3.8, 4) is 5.69 Å². The van der Waals surface area contributed by atoms with Crippen LogP contribution in [0.25, 0.3) is 5.69 Å². The van der Waals surface area contributed by atoms with Gasteiger partial charge in [-0.25, -0.2) is 4.68 Å². The second kappa shape index (κ2) is 8.03. The molecular weight excluding hydrogens is 477 g/mol. The van der Waals surface area contributed by atoms with E-state index in [9.17, 15) is 22.8 Å². The number of carbonyl (C=O) groups excluding carboxylic acids is 1. The number of nitrogens with zero attached hydrogens (tertiary/aromatic N) is 3. The number of hydrogen-bond donors (Lipinski definition) is 1. The number of benzene rings is 1. The number of nitrogens with one attached hydrogen (secondary N) is 1. The summed E-state index contributed by atoms with van der Waals surface area (Å²) in [6, 6.07) is 7.16. The SMILES string of the molecule is Cc1cc(NC(=O)Cn2cc(Br)ccc2=O)n(-c2cc(C(F)(F)F)ccc2Cl)n1. The van der Waals surface area contributed by atoms with Crippen LogP contribution in [0.5, 0.6) is 0 Å². The highest BCUT2D eigenvalue weighted by Crippen LogP contribution is 2.34. The lowest BCUT2D eigenvalue weighted by atomic mass is 10.2. The summed E-state index contributed by atoms with van der Waals surface area (Å²) < 4.78 is 42.1. The number of alkyl halides is 3. The van der Waals surface area contributed by atoms with E-state index in [2.05, 4.69) is 26.3 Å². The molecule has 29 heavy (non-hydrogen) atoms. The van der Waals surface area contributed by atoms with Crippen molar-refractivity contribution in [1.29, 1.82) is 0 Å². The first-order valence-corrected chi connectivity index (χ1v) is 9.31. The third kappa shape index (κ3) is 4.88. The van der Waals surface area contributed by atoms with Crippen molar-refractivity contribution < 1.29 is 18.0 Å². The molecule has 0 radical (unpaired) electrons. The average molecular weight is 490 g/mol. The fourth-order valence-corrected chi connectivity index (χ4v) is 3.16. The van der Waals surface area contributed by atoms with Crippen LogP contribution in [0, 0.1) is 6.92 Å². The van der Waals surface area contributed by atoms with Gasteiger partial charge in [0.15, 0.2) is 0 Å². The first kappa shape index (κ1) is 21.1. The molecule has 0 spiro atoms. The van der Waals surface area contributed by atoms with Crippen molar-refractivity contribution >= 4 is 39.3 Å². The van der Waals surface area contributed by atoms with Crippen molar-refractivity contribution in [1.82, 2.24) is 14.3 Å². The first-order valence-electron chi connectivity index (χ1n) is 8.14. The number of rotatable bonds is 4. The Morgan fingerprint density at radius 2 is 1.97 bits per heavy atom. The molecule has 3 rings (SSSR count). The van der Waals surface area contributed by atoms with E-state index in [4.69, 9.17) is 11.6 Å². The van der Waals surface area contributed by atoms with Crippen LogP contribution >= 0.6 is 27.5 Å². The van der Waals surface area contributed by atoms with Gasteiger partial charge >= 0.3 is 6.18 Å². The van der Waals surface area contributed by atoms with Crippen LogP contribution in [0.15, 0.2) is 51.9 Å². The van der Waals surface area contributed by atoms with Gasteiger partial charge in [-0.1, -0.05) is 11.6 Å². The molecule has 0 aliphatic heterocycles. The molecule has 152 valence electrons. The third-order valence-corrected chi connectivity index (χ3v) is 4.65. The number of carbonyl (C=O) groups is 1. The Labute approximate surface area is 176 Å². The Morgan fingerprint density at radius 1 is 1.24 bits per heavy atom. The lowest BCUT2D eigenvalue weighted by Crippen LogP contribution is -2.27. The van der Waals surface area contributed by atoms with Gasteiger partial charge in [-0.2, -0.15) is 18.3 Å². The summed E-state index contributed by atoms with van der Waals surface area (Å²) in [6.45, 7) is 1.32. The normalized spacial score (nSPS) is 11.5. The molecule has 2 heterocycles. The standard InChI is InChI=1S/C18H13BrClF3N4O2/c1-10-6-15(24-16(28)9-26-8-12(19)3-5-17(26)29)27(25-10)14-7-11(18(21,22)23)2-4-13(14)20/h2-8H,9H2,1H3,(H,24,28). The minimum Gasteiger partial charge on any atom is -0.309 e. The molecule has 2 aromatic heterocycles. The van der Waals surface area contributed by atoms with Gasteiger partial charge in [-0.3, -0.25) is 9.59 Å². The lowest BCUT2D eigenvalue weighted by Gasteiger charge is -2.13. The smallest absolute Gasteiger partial charge is 0.309 e. The van der Waals surface area contributed by atoms with Crippen LogP contribution in [-0.4, -0.2) is 20.3 Å². The van der Waals surface area contributed by atoms with Crippen molar-refractivity contribution in [3.63, 3.8) is 0 Å². The van der Waals surface area contributed by atoms with Crippen LogP contribution in [-0.2, 0) is 17.5 Å². The van der Waals surface area contributed by atoms with Gasteiger partial charge in [0.05, 0.1) is 22.0 Å². The summed E-state index contributed by atoms with van der Waals surface area (Å²) in [5.74, 6) is -0.439. The minimum atomic E-state index is -4.56. The second-order valence-electron chi connectivity index (χ2n) is 6.11. The molecule has 11 heteroatoms. The van der Waals surface area contributed by atoms with E-state index >= 15 is 0 Å². The molecule has 0 saturated heterocycles. The van der Waals surface area contributed by atoms with E-state index in [1.54, 1.807) is 13.0 Å². The second-order valence-corrected chi connectivity index (χ2v) is 7.43. The summed E-state index contributed by atoms with van der Waals surface area (Å²) in [7, 11) is 0. The Morgan fingerprint density at radius 3 is 2.66 bits per heavy atom. The molecule has 6 nitrogen and oxygen atoms in total. The zero-order valence-electron chi connectivity index (χ0n) is 14.8. The molecule has 0 unspecified atom stereocenters. The average Bonchev–Trinajstić information content (AvgIpc) is 2.97. The number of anilines is 1. The van der Waals surface area contributed by atoms with E-state index in [1.165, 1.54) is 22.9 Å². The Hall–Kier alpha value is -2.59. The van der Waals surface area contributed by atoms with Crippen molar-refractivity contribution in [2.45, 2.75) is 19.6 Å². The molecule has 1 amide bonds. The van der Waals surface area contributed by atoms with Gasteiger partial charge in [0.2, 0.25) is 5.91 Å². The van der Waals surface area contributed by atoms with Crippen LogP contribution in [0.1, 0.15) is 11.3 Å². The minimum absolute atomic E-state index is 0.0276.